The molecule has 1 N–H and O–H groups in total. The summed E-state index contributed by atoms with van der Waals surface area (Å²) in [6.45, 7) is 6.09. The highest BCUT2D eigenvalue weighted by atomic mass is 79.9. The molecule has 148 valence electrons. The van der Waals surface area contributed by atoms with Crippen molar-refractivity contribution in [3.8, 4) is 22.6 Å². The van der Waals surface area contributed by atoms with Gasteiger partial charge in [0.05, 0.1) is 4.47 Å². The van der Waals surface area contributed by atoms with Crippen molar-refractivity contribution in [3.63, 3.8) is 0 Å². The monoisotopic (exact) mass is 451 g/mol. The molecule has 29 heavy (non-hydrogen) atoms. The number of hydrogen-bond donors (Lipinski definition) is 1. The van der Waals surface area contributed by atoms with E-state index in [1.807, 2.05) is 55.5 Å². The second-order valence-corrected chi connectivity index (χ2v) is 7.47. The van der Waals surface area contributed by atoms with E-state index in [-0.39, 0.29) is 12.5 Å². The van der Waals surface area contributed by atoms with Gasteiger partial charge in [0.1, 0.15) is 18.1 Å². The summed E-state index contributed by atoms with van der Waals surface area (Å²) in [6, 6.07) is 23.1. The van der Waals surface area contributed by atoms with Crippen LogP contribution in [0.2, 0.25) is 0 Å². The first-order chi connectivity index (χ1) is 14.0. The van der Waals surface area contributed by atoms with Crippen LogP contribution in [0.25, 0.3) is 11.1 Å². The minimum absolute atomic E-state index is 0.0861. The number of carbonyl (C=O) groups is 1. The number of halogens is 1. The zero-order valence-electron chi connectivity index (χ0n) is 16.2. The van der Waals surface area contributed by atoms with Crippen LogP contribution in [0.3, 0.4) is 0 Å². The molecule has 1 amide bonds. The zero-order chi connectivity index (χ0) is 20.6. The Hall–Kier alpha value is -3.05. The molecule has 0 aromatic heterocycles. The Balaban J connectivity index is 1.53. The van der Waals surface area contributed by atoms with E-state index < -0.39 is 0 Å². The molecule has 0 atom stereocenters. The summed E-state index contributed by atoms with van der Waals surface area (Å²) >= 11 is 3.52. The Morgan fingerprint density at radius 1 is 0.931 bits per heavy atom. The molecule has 0 aliphatic carbocycles. The highest BCUT2D eigenvalue weighted by Gasteiger charge is 2.08. The van der Waals surface area contributed by atoms with Gasteiger partial charge in [-0.15, -0.1) is 0 Å². The van der Waals surface area contributed by atoms with Crippen LogP contribution >= 0.6 is 15.9 Å². The molecule has 0 fully saturated rings. The lowest BCUT2D eigenvalue weighted by atomic mass is 10.1. The molecule has 4 nitrogen and oxygen atoms in total. The van der Waals surface area contributed by atoms with Crippen molar-refractivity contribution in [3.05, 3.63) is 89.4 Å². The van der Waals surface area contributed by atoms with E-state index in [0.717, 1.165) is 26.9 Å². The van der Waals surface area contributed by atoms with Gasteiger partial charge in [0, 0.05) is 5.69 Å². The molecule has 0 radical (unpaired) electrons. The number of benzene rings is 3. The van der Waals surface area contributed by atoms with E-state index >= 15 is 0 Å². The number of anilines is 1. The molecular weight excluding hydrogens is 430 g/mol. The summed E-state index contributed by atoms with van der Waals surface area (Å²) in [5, 5.41) is 2.81. The van der Waals surface area contributed by atoms with Gasteiger partial charge in [-0.05, 0) is 76.0 Å². The minimum atomic E-state index is -0.236. The standard InChI is InChI=1S/C24H22BrNO3/c1-17(2)15-28-21-11-9-20(10-12-21)26-24(27)16-29-23-13-8-19(14-22(23)25)18-6-4-3-5-7-18/h3-14H,1,15-16H2,2H3,(H,26,27). The van der Waals surface area contributed by atoms with Crippen molar-refractivity contribution in [1.82, 2.24) is 0 Å². The third-order valence-electron chi connectivity index (χ3n) is 4.02. The second-order valence-electron chi connectivity index (χ2n) is 6.62. The van der Waals surface area contributed by atoms with Crippen molar-refractivity contribution in [1.29, 1.82) is 0 Å². The van der Waals surface area contributed by atoms with Crippen LogP contribution in [0.1, 0.15) is 6.92 Å². The third kappa shape index (κ3) is 6.22. The minimum Gasteiger partial charge on any atom is -0.489 e. The molecule has 0 unspecified atom stereocenters. The fourth-order valence-electron chi connectivity index (χ4n) is 2.61. The molecule has 5 heteroatoms. The summed E-state index contributed by atoms with van der Waals surface area (Å²) in [6.07, 6.45) is 0. The number of amides is 1. The van der Waals surface area contributed by atoms with Crippen molar-refractivity contribution < 1.29 is 14.3 Å². The molecule has 0 bridgehead atoms. The predicted molar refractivity (Wildman–Crippen MR) is 120 cm³/mol. The lowest BCUT2D eigenvalue weighted by molar-refractivity contribution is -0.118. The molecule has 0 heterocycles. The number of rotatable bonds is 8. The maximum Gasteiger partial charge on any atom is 0.262 e. The number of nitrogens with one attached hydrogen (secondary N) is 1. The van der Waals surface area contributed by atoms with Gasteiger partial charge >= 0.3 is 0 Å². The van der Waals surface area contributed by atoms with E-state index in [4.69, 9.17) is 9.47 Å². The van der Waals surface area contributed by atoms with Crippen LogP contribution in [-0.2, 0) is 4.79 Å². The topological polar surface area (TPSA) is 47.6 Å². The van der Waals surface area contributed by atoms with Gasteiger partial charge in [-0.2, -0.15) is 0 Å². The maximum absolute atomic E-state index is 12.2. The fourth-order valence-corrected chi connectivity index (χ4v) is 3.10. The van der Waals surface area contributed by atoms with Crippen molar-refractivity contribution in [2.24, 2.45) is 0 Å². The van der Waals surface area contributed by atoms with Crippen LogP contribution in [0, 0.1) is 0 Å². The van der Waals surface area contributed by atoms with Crippen LogP contribution in [0.15, 0.2) is 89.4 Å². The number of ether oxygens (including phenoxy) is 2. The van der Waals surface area contributed by atoms with Crippen molar-refractivity contribution in [2.45, 2.75) is 6.92 Å². The van der Waals surface area contributed by atoms with Gasteiger partial charge in [-0.3, -0.25) is 4.79 Å². The Morgan fingerprint density at radius 3 is 2.31 bits per heavy atom. The lowest BCUT2D eigenvalue weighted by Gasteiger charge is -2.11. The summed E-state index contributed by atoms with van der Waals surface area (Å²) in [5.41, 5.74) is 3.82. The lowest BCUT2D eigenvalue weighted by Crippen LogP contribution is -2.20. The summed E-state index contributed by atoms with van der Waals surface area (Å²) in [7, 11) is 0. The van der Waals surface area contributed by atoms with Gasteiger partial charge in [-0.25, -0.2) is 0 Å². The average Bonchev–Trinajstić information content (AvgIpc) is 2.73. The quantitative estimate of drug-likeness (QED) is 0.421. The van der Waals surface area contributed by atoms with E-state index in [9.17, 15) is 4.79 Å². The molecule has 3 aromatic carbocycles. The Bertz CT molecular complexity index is 985. The molecule has 0 aliphatic rings. The number of carbonyl (C=O) groups excluding carboxylic acids is 1. The average molecular weight is 452 g/mol. The number of hydrogen-bond acceptors (Lipinski definition) is 3. The summed E-state index contributed by atoms with van der Waals surface area (Å²) in [4.78, 5) is 12.2. The zero-order valence-corrected chi connectivity index (χ0v) is 17.7. The second kappa shape index (κ2) is 9.94. The van der Waals surface area contributed by atoms with Gasteiger partial charge in [0.2, 0.25) is 0 Å². The highest BCUT2D eigenvalue weighted by molar-refractivity contribution is 9.10. The third-order valence-corrected chi connectivity index (χ3v) is 4.64. The molecule has 0 saturated carbocycles. The largest absolute Gasteiger partial charge is 0.489 e. The molecule has 0 saturated heterocycles. The Kier molecular flexibility index (Phi) is 7.09. The normalized spacial score (nSPS) is 10.3. The van der Waals surface area contributed by atoms with Gasteiger partial charge in [-0.1, -0.05) is 43.0 Å². The van der Waals surface area contributed by atoms with Crippen LogP contribution in [0.5, 0.6) is 11.5 Å². The first-order valence-corrected chi connectivity index (χ1v) is 9.95. The maximum atomic E-state index is 12.2. The van der Waals surface area contributed by atoms with E-state index in [1.165, 1.54) is 0 Å². The van der Waals surface area contributed by atoms with Crippen molar-refractivity contribution in [2.75, 3.05) is 18.5 Å². The molecular formula is C24H22BrNO3. The van der Waals surface area contributed by atoms with Crippen LogP contribution in [-0.4, -0.2) is 19.1 Å². The van der Waals surface area contributed by atoms with E-state index in [2.05, 4.69) is 27.8 Å². The van der Waals surface area contributed by atoms with Gasteiger partial charge in [0.25, 0.3) is 5.91 Å². The Labute approximate surface area is 179 Å². The molecule has 3 rings (SSSR count). The van der Waals surface area contributed by atoms with Gasteiger partial charge in [0.15, 0.2) is 6.61 Å². The first-order valence-electron chi connectivity index (χ1n) is 9.16. The summed E-state index contributed by atoms with van der Waals surface area (Å²) < 4.78 is 12.0. The Morgan fingerprint density at radius 2 is 1.66 bits per heavy atom. The van der Waals surface area contributed by atoms with Crippen molar-refractivity contribution >= 4 is 27.5 Å². The first kappa shape index (κ1) is 20.7. The summed E-state index contributed by atoms with van der Waals surface area (Å²) in [5.74, 6) is 1.10. The SMILES string of the molecule is C=C(C)COc1ccc(NC(=O)COc2ccc(-c3ccccc3)cc2Br)cc1. The van der Waals surface area contributed by atoms with E-state index in [0.29, 0.717) is 18.0 Å². The predicted octanol–water partition coefficient (Wildman–Crippen LogP) is 6.09. The molecule has 0 spiro atoms. The van der Waals surface area contributed by atoms with Gasteiger partial charge < -0.3 is 14.8 Å². The smallest absolute Gasteiger partial charge is 0.262 e. The van der Waals surface area contributed by atoms with E-state index in [1.54, 1.807) is 24.3 Å². The van der Waals surface area contributed by atoms with Crippen LogP contribution in [0.4, 0.5) is 5.69 Å². The highest BCUT2D eigenvalue weighted by Crippen LogP contribution is 2.30. The molecule has 0 aliphatic heterocycles. The molecule has 3 aromatic rings. The van der Waals surface area contributed by atoms with Crippen LogP contribution < -0.4 is 14.8 Å². The fraction of sp³-hybridized carbons (Fsp3) is 0.125.